The van der Waals surface area contributed by atoms with E-state index < -0.39 is 0 Å². The number of nitrogens with one attached hydrogen (secondary N) is 3. The van der Waals surface area contributed by atoms with Crippen LogP contribution in [0.25, 0.3) is 10.9 Å². The fraction of sp³-hybridized carbons (Fsp3) is 0.200. The van der Waals surface area contributed by atoms with Crippen molar-refractivity contribution >= 4 is 22.8 Å². The van der Waals surface area contributed by atoms with Crippen molar-refractivity contribution in [3.63, 3.8) is 0 Å². The van der Waals surface area contributed by atoms with E-state index in [4.69, 9.17) is 4.74 Å². The van der Waals surface area contributed by atoms with Crippen LogP contribution in [0.3, 0.4) is 0 Å². The van der Waals surface area contributed by atoms with Crippen LogP contribution in [-0.2, 0) is 6.54 Å². The van der Waals surface area contributed by atoms with Gasteiger partial charge in [-0.05, 0) is 18.6 Å². The zero-order valence-electron chi connectivity index (χ0n) is 15.9. The lowest BCUT2D eigenvalue weighted by molar-refractivity contribution is 0.249. The highest BCUT2D eigenvalue weighted by Crippen LogP contribution is 2.23. The summed E-state index contributed by atoms with van der Waals surface area (Å²) in [5, 5.41) is 17.6. The summed E-state index contributed by atoms with van der Waals surface area (Å²) < 4.78 is 7.49. The molecule has 2 amide bonds. The molecule has 1 aromatic carbocycles. The first-order valence-corrected chi connectivity index (χ1v) is 9.26. The van der Waals surface area contributed by atoms with Crippen molar-refractivity contribution in [3.8, 4) is 5.88 Å². The van der Waals surface area contributed by atoms with Gasteiger partial charge in [-0.1, -0.05) is 30.3 Å². The van der Waals surface area contributed by atoms with Gasteiger partial charge in [0.25, 0.3) is 0 Å². The summed E-state index contributed by atoms with van der Waals surface area (Å²) in [7, 11) is 0. The van der Waals surface area contributed by atoms with Crippen LogP contribution in [0.15, 0.2) is 61.1 Å². The Morgan fingerprint density at radius 3 is 2.93 bits per heavy atom. The molecule has 0 saturated carbocycles. The molecule has 148 valence electrons. The maximum Gasteiger partial charge on any atom is 0.320 e. The maximum absolute atomic E-state index is 12.3. The molecule has 29 heavy (non-hydrogen) atoms. The Morgan fingerprint density at radius 2 is 2.14 bits per heavy atom. The van der Waals surface area contributed by atoms with Gasteiger partial charge in [-0.15, -0.1) is 5.10 Å². The number of hydrogen-bond acceptors (Lipinski definition) is 5. The number of fused-ring (bicyclic) bond motifs is 1. The second-order valence-corrected chi connectivity index (χ2v) is 6.49. The van der Waals surface area contributed by atoms with Crippen LogP contribution in [0.4, 0.5) is 10.6 Å². The summed E-state index contributed by atoms with van der Waals surface area (Å²) in [5.41, 5.74) is 1.75. The van der Waals surface area contributed by atoms with Crippen LogP contribution in [0.1, 0.15) is 18.5 Å². The molecule has 0 fully saturated rings. The summed E-state index contributed by atoms with van der Waals surface area (Å²) in [4.78, 5) is 16.6. The highest BCUT2D eigenvalue weighted by Gasteiger charge is 2.12. The van der Waals surface area contributed by atoms with Crippen molar-refractivity contribution in [1.29, 1.82) is 0 Å². The number of hydrogen-bond donors (Lipinski definition) is 3. The maximum atomic E-state index is 12.3. The van der Waals surface area contributed by atoms with Crippen LogP contribution in [0, 0.1) is 0 Å². The number of benzene rings is 1. The molecule has 4 aromatic rings. The number of carbonyl (C=O) groups is 1. The average molecular weight is 391 g/mol. The molecule has 1 atom stereocenters. The zero-order chi connectivity index (χ0) is 20.1. The topological polar surface area (TPSA) is 110 Å². The van der Waals surface area contributed by atoms with Gasteiger partial charge in [0, 0.05) is 24.7 Å². The quantitative estimate of drug-likeness (QED) is 0.448. The second-order valence-electron chi connectivity index (χ2n) is 6.49. The number of nitrogens with zero attached hydrogens (tertiary/aromatic N) is 4. The SMILES string of the molecule is CC(NC(=O)Nc1cc2[nH]nc(OCCn3cccn3)c2cn1)c1ccccc1. The van der Waals surface area contributed by atoms with E-state index in [-0.39, 0.29) is 12.1 Å². The number of amides is 2. The van der Waals surface area contributed by atoms with E-state index in [1.807, 2.05) is 49.5 Å². The zero-order valence-corrected chi connectivity index (χ0v) is 15.9. The van der Waals surface area contributed by atoms with Gasteiger partial charge in [0.05, 0.1) is 23.5 Å². The molecule has 0 saturated heterocycles. The minimum Gasteiger partial charge on any atom is -0.474 e. The Labute approximate surface area is 167 Å². The number of carbonyl (C=O) groups excluding carboxylic acids is 1. The van der Waals surface area contributed by atoms with Crippen LogP contribution >= 0.6 is 0 Å². The summed E-state index contributed by atoms with van der Waals surface area (Å²) in [5.74, 6) is 0.885. The van der Waals surface area contributed by atoms with Crippen LogP contribution in [0.2, 0.25) is 0 Å². The third kappa shape index (κ3) is 4.52. The highest BCUT2D eigenvalue weighted by molar-refractivity contribution is 5.92. The number of urea groups is 1. The van der Waals surface area contributed by atoms with Gasteiger partial charge >= 0.3 is 6.03 Å². The number of pyridine rings is 1. The highest BCUT2D eigenvalue weighted by atomic mass is 16.5. The number of anilines is 1. The fourth-order valence-electron chi connectivity index (χ4n) is 2.91. The molecule has 1 unspecified atom stereocenters. The molecular weight excluding hydrogens is 370 g/mol. The first kappa shape index (κ1) is 18.5. The van der Waals surface area contributed by atoms with Crippen molar-refractivity contribution in [2.75, 3.05) is 11.9 Å². The van der Waals surface area contributed by atoms with Crippen molar-refractivity contribution < 1.29 is 9.53 Å². The number of aromatic nitrogens is 5. The van der Waals surface area contributed by atoms with E-state index in [2.05, 4.69) is 30.9 Å². The van der Waals surface area contributed by atoms with Crippen LogP contribution in [0.5, 0.6) is 5.88 Å². The van der Waals surface area contributed by atoms with Crippen molar-refractivity contribution in [2.24, 2.45) is 0 Å². The van der Waals surface area contributed by atoms with E-state index in [0.29, 0.717) is 24.8 Å². The molecule has 0 bridgehead atoms. The van der Waals surface area contributed by atoms with Crippen molar-refractivity contribution in [2.45, 2.75) is 19.5 Å². The monoisotopic (exact) mass is 391 g/mol. The lowest BCUT2D eigenvalue weighted by Gasteiger charge is -2.14. The summed E-state index contributed by atoms with van der Waals surface area (Å²) >= 11 is 0. The van der Waals surface area contributed by atoms with Crippen LogP contribution in [-0.4, -0.2) is 37.6 Å². The molecule has 0 aliphatic rings. The Balaban J connectivity index is 1.35. The molecule has 3 heterocycles. The number of rotatable bonds is 7. The van der Waals surface area contributed by atoms with Crippen molar-refractivity contribution in [3.05, 3.63) is 66.6 Å². The molecule has 3 aromatic heterocycles. The van der Waals surface area contributed by atoms with Gasteiger partial charge in [-0.3, -0.25) is 15.1 Å². The third-order valence-electron chi connectivity index (χ3n) is 4.42. The Bertz CT molecular complexity index is 1080. The molecule has 0 aliphatic carbocycles. The summed E-state index contributed by atoms with van der Waals surface area (Å²) in [6.07, 6.45) is 5.21. The van der Waals surface area contributed by atoms with Gasteiger partial charge in [-0.2, -0.15) is 5.10 Å². The van der Waals surface area contributed by atoms with E-state index in [1.54, 1.807) is 23.1 Å². The normalized spacial score (nSPS) is 11.9. The third-order valence-corrected chi connectivity index (χ3v) is 4.42. The predicted octanol–water partition coefficient (Wildman–Crippen LogP) is 3.12. The van der Waals surface area contributed by atoms with E-state index in [1.165, 1.54) is 0 Å². The van der Waals surface area contributed by atoms with E-state index in [9.17, 15) is 4.79 Å². The molecule has 4 rings (SSSR count). The van der Waals surface area contributed by atoms with E-state index >= 15 is 0 Å². The Morgan fingerprint density at radius 1 is 1.28 bits per heavy atom. The first-order valence-electron chi connectivity index (χ1n) is 9.26. The van der Waals surface area contributed by atoms with Gasteiger partial charge in [0.1, 0.15) is 12.4 Å². The largest absolute Gasteiger partial charge is 0.474 e. The Hall–Kier alpha value is -3.88. The van der Waals surface area contributed by atoms with Gasteiger partial charge in [0.2, 0.25) is 5.88 Å². The number of H-pyrrole nitrogens is 1. The minimum absolute atomic E-state index is 0.123. The molecule has 0 spiro atoms. The minimum atomic E-state index is -0.330. The molecule has 9 nitrogen and oxygen atoms in total. The second kappa shape index (κ2) is 8.42. The Kier molecular flexibility index (Phi) is 5.37. The standard InChI is InChI=1S/C20H21N7O2/c1-14(15-6-3-2-4-7-15)23-20(28)24-18-12-17-16(13-21-18)19(26-25-17)29-11-10-27-9-5-8-22-27/h2-9,12-14H,10-11H2,1H3,(H,25,26)(H2,21,23,24,28). The molecule has 9 heteroatoms. The summed E-state index contributed by atoms with van der Waals surface area (Å²) in [6.45, 7) is 2.98. The fourth-order valence-corrected chi connectivity index (χ4v) is 2.91. The van der Waals surface area contributed by atoms with Crippen LogP contribution < -0.4 is 15.4 Å². The number of ether oxygens (including phenoxy) is 1. The average Bonchev–Trinajstić information content (AvgIpc) is 3.38. The van der Waals surface area contributed by atoms with Gasteiger partial charge in [-0.25, -0.2) is 9.78 Å². The predicted molar refractivity (Wildman–Crippen MR) is 109 cm³/mol. The smallest absolute Gasteiger partial charge is 0.320 e. The molecule has 0 radical (unpaired) electrons. The summed E-state index contributed by atoms with van der Waals surface area (Å²) in [6, 6.07) is 12.9. The molecular formula is C20H21N7O2. The van der Waals surface area contributed by atoms with Gasteiger partial charge in [0.15, 0.2) is 0 Å². The van der Waals surface area contributed by atoms with Crippen molar-refractivity contribution in [1.82, 2.24) is 30.3 Å². The van der Waals surface area contributed by atoms with E-state index in [0.717, 1.165) is 16.5 Å². The first-order chi connectivity index (χ1) is 14.2. The number of aromatic amines is 1. The van der Waals surface area contributed by atoms with Gasteiger partial charge < -0.3 is 10.1 Å². The lowest BCUT2D eigenvalue weighted by Crippen LogP contribution is -2.31. The lowest BCUT2D eigenvalue weighted by atomic mass is 10.1. The molecule has 3 N–H and O–H groups in total. The molecule has 0 aliphatic heterocycles.